The van der Waals surface area contributed by atoms with E-state index in [-0.39, 0.29) is 51.5 Å². The topological polar surface area (TPSA) is 181 Å². The molecule has 0 aromatic heterocycles. The van der Waals surface area contributed by atoms with Gasteiger partial charge in [0, 0.05) is 12.6 Å². The Hall–Kier alpha value is -2.44. The Kier molecular flexibility index (Phi) is 11.7. The monoisotopic (exact) mass is 349 g/mol. The van der Waals surface area contributed by atoms with Gasteiger partial charge in [-0.15, -0.1) is 0 Å². The molecular weight excluding hydrogens is 326 g/mol. The van der Waals surface area contributed by atoms with Gasteiger partial charge in [-0.2, -0.15) is 0 Å². The summed E-state index contributed by atoms with van der Waals surface area (Å²) >= 11 is 0. The predicted octanol–water partition coefficient (Wildman–Crippen LogP) is -2.40. The third-order valence-electron chi connectivity index (χ3n) is 2.28. The van der Waals surface area contributed by atoms with E-state index in [9.17, 15) is 19.2 Å². The number of imide groups is 2. The van der Waals surface area contributed by atoms with Gasteiger partial charge in [-0.25, -0.2) is 14.4 Å². The zero-order valence-corrected chi connectivity index (χ0v) is 13.3. The minimum absolute atomic E-state index is 0.115. The van der Waals surface area contributed by atoms with E-state index in [2.05, 4.69) is 16.4 Å². The summed E-state index contributed by atoms with van der Waals surface area (Å²) in [4.78, 5) is 43.7. The Morgan fingerprint density at radius 3 is 2.33 bits per heavy atom. The molecule has 12 nitrogen and oxygen atoms in total. The normalized spacial score (nSPS) is 11.2. The van der Waals surface area contributed by atoms with Gasteiger partial charge in [0.2, 0.25) is 5.91 Å². The maximum Gasteiger partial charge on any atom is 0.330 e. The van der Waals surface area contributed by atoms with Crippen molar-refractivity contribution in [3.63, 3.8) is 0 Å². The largest absolute Gasteiger partial charge is 0.394 e. The SMILES string of the molecule is CC(CO)NC(=O)COCCOCCNC(=O)NC(=O)NC(N)=O. The molecule has 0 aliphatic carbocycles. The number of urea groups is 3. The van der Waals surface area contributed by atoms with Gasteiger partial charge in [0.15, 0.2) is 0 Å². The van der Waals surface area contributed by atoms with Crippen molar-refractivity contribution in [3.05, 3.63) is 0 Å². The van der Waals surface area contributed by atoms with Crippen molar-refractivity contribution in [2.45, 2.75) is 13.0 Å². The lowest BCUT2D eigenvalue weighted by atomic mass is 10.3. The number of nitrogens with two attached hydrogens (primary N) is 1. The van der Waals surface area contributed by atoms with Crippen LogP contribution in [0.3, 0.4) is 0 Å². The van der Waals surface area contributed by atoms with E-state index in [0.29, 0.717) is 0 Å². The highest BCUT2D eigenvalue weighted by Gasteiger charge is 2.08. The van der Waals surface area contributed by atoms with Crippen LogP contribution < -0.4 is 27.0 Å². The maximum absolute atomic E-state index is 11.3. The smallest absolute Gasteiger partial charge is 0.330 e. The zero-order valence-electron chi connectivity index (χ0n) is 13.3. The number of carbonyl (C=O) groups excluding carboxylic acids is 4. The molecule has 12 heteroatoms. The summed E-state index contributed by atoms with van der Waals surface area (Å²) in [5, 5.41) is 17.0. The van der Waals surface area contributed by atoms with Gasteiger partial charge in [0.1, 0.15) is 6.61 Å². The number of amides is 7. The molecule has 0 aliphatic rings. The van der Waals surface area contributed by atoms with Crippen LogP contribution in [-0.4, -0.2) is 74.7 Å². The first-order valence-electron chi connectivity index (χ1n) is 7.06. The van der Waals surface area contributed by atoms with Crippen LogP contribution >= 0.6 is 0 Å². The van der Waals surface area contributed by atoms with E-state index in [1.54, 1.807) is 12.2 Å². The Balaban J connectivity index is 3.48. The van der Waals surface area contributed by atoms with Gasteiger partial charge >= 0.3 is 18.1 Å². The molecule has 7 N–H and O–H groups in total. The average Bonchev–Trinajstić information content (AvgIpc) is 2.48. The molecule has 1 unspecified atom stereocenters. The van der Waals surface area contributed by atoms with Gasteiger partial charge in [-0.1, -0.05) is 0 Å². The third kappa shape index (κ3) is 13.2. The molecule has 0 aromatic carbocycles. The van der Waals surface area contributed by atoms with Crippen molar-refractivity contribution in [2.75, 3.05) is 39.6 Å². The molecule has 0 fully saturated rings. The Morgan fingerprint density at radius 2 is 1.71 bits per heavy atom. The lowest BCUT2D eigenvalue weighted by Crippen LogP contribution is -2.48. The highest BCUT2D eigenvalue weighted by Crippen LogP contribution is 1.82. The number of primary amides is 1. The lowest BCUT2D eigenvalue weighted by Gasteiger charge is -2.11. The fourth-order valence-electron chi connectivity index (χ4n) is 1.27. The summed E-state index contributed by atoms with van der Waals surface area (Å²) in [7, 11) is 0. The van der Waals surface area contributed by atoms with Gasteiger partial charge in [-0.3, -0.25) is 15.4 Å². The number of hydrogen-bond donors (Lipinski definition) is 6. The van der Waals surface area contributed by atoms with Crippen molar-refractivity contribution in [2.24, 2.45) is 5.73 Å². The first kappa shape index (κ1) is 21.6. The minimum Gasteiger partial charge on any atom is -0.394 e. The molecule has 0 aromatic rings. The molecule has 138 valence electrons. The second-order valence-corrected chi connectivity index (χ2v) is 4.52. The van der Waals surface area contributed by atoms with Crippen molar-refractivity contribution in [1.82, 2.24) is 21.3 Å². The number of ether oxygens (including phenoxy) is 2. The molecule has 0 saturated carbocycles. The quantitative estimate of drug-likeness (QED) is 0.238. The van der Waals surface area contributed by atoms with Crippen LogP contribution in [0.1, 0.15) is 6.92 Å². The summed E-state index contributed by atoms with van der Waals surface area (Å²) < 4.78 is 10.2. The first-order valence-corrected chi connectivity index (χ1v) is 7.06. The fourth-order valence-corrected chi connectivity index (χ4v) is 1.27. The highest BCUT2D eigenvalue weighted by atomic mass is 16.5. The molecule has 7 amide bonds. The minimum atomic E-state index is -1.08. The van der Waals surface area contributed by atoms with E-state index in [4.69, 9.17) is 14.6 Å². The first-order chi connectivity index (χ1) is 11.3. The van der Waals surface area contributed by atoms with Gasteiger partial charge in [-0.05, 0) is 6.92 Å². The van der Waals surface area contributed by atoms with E-state index >= 15 is 0 Å². The number of aliphatic hydroxyl groups excluding tert-OH is 1. The van der Waals surface area contributed by atoms with Crippen LogP contribution in [0.25, 0.3) is 0 Å². The molecule has 0 bridgehead atoms. The Morgan fingerprint density at radius 1 is 1.04 bits per heavy atom. The Labute approximate surface area is 138 Å². The molecule has 24 heavy (non-hydrogen) atoms. The standard InChI is InChI=1S/C12H23N5O7/c1-8(6-18)15-9(19)7-24-5-4-23-3-2-14-11(21)17-12(22)16-10(13)20/h8,18H,2-7H2,1H3,(H,15,19)(H5,13,14,16,17,20,21,22). The summed E-state index contributed by atoms with van der Waals surface area (Å²) in [6, 6.07) is -3.27. The molecule has 0 radical (unpaired) electrons. The number of carbonyl (C=O) groups is 4. The van der Waals surface area contributed by atoms with Crippen molar-refractivity contribution >= 4 is 24.0 Å². The molecule has 0 heterocycles. The molecular formula is C12H23N5O7. The van der Waals surface area contributed by atoms with Crippen LogP contribution in [0.4, 0.5) is 14.4 Å². The van der Waals surface area contributed by atoms with Crippen molar-refractivity contribution < 1.29 is 33.8 Å². The lowest BCUT2D eigenvalue weighted by molar-refractivity contribution is -0.127. The van der Waals surface area contributed by atoms with Crippen molar-refractivity contribution in [1.29, 1.82) is 0 Å². The molecule has 0 saturated heterocycles. The molecule has 0 aliphatic heterocycles. The van der Waals surface area contributed by atoms with Gasteiger partial charge in [0.25, 0.3) is 0 Å². The summed E-state index contributed by atoms with van der Waals surface area (Å²) in [6.07, 6.45) is 0. The summed E-state index contributed by atoms with van der Waals surface area (Å²) in [5.41, 5.74) is 4.69. The average molecular weight is 349 g/mol. The summed E-state index contributed by atoms with van der Waals surface area (Å²) in [5.74, 6) is -0.343. The fraction of sp³-hybridized carbons (Fsp3) is 0.667. The number of rotatable bonds is 10. The van der Waals surface area contributed by atoms with Crippen LogP contribution in [0, 0.1) is 0 Å². The Bertz CT molecular complexity index is 432. The molecule has 0 rings (SSSR count). The van der Waals surface area contributed by atoms with E-state index in [1.807, 2.05) is 5.32 Å². The second-order valence-electron chi connectivity index (χ2n) is 4.52. The number of aliphatic hydroxyl groups is 1. The number of nitrogens with one attached hydrogen (secondary N) is 4. The molecule has 1 atom stereocenters. The summed E-state index contributed by atoms with van der Waals surface area (Å²) in [6.45, 7) is 2.00. The second kappa shape index (κ2) is 13.0. The van der Waals surface area contributed by atoms with Crippen LogP contribution in [0.2, 0.25) is 0 Å². The number of hydrogen-bond acceptors (Lipinski definition) is 7. The highest BCUT2D eigenvalue weighted by molar-refractivity contribution is 6.00. The van der Waals surface area contributed by atoms with E-state index in [0.717, 1.165) is 0 Å². The van der Waals surface area contributed by atoms with Gasteiger partial charge < -0.3 is 30.9 Å². The van der Waals surface area contributed by atoms with E-state index < -0.39 is 18.1 Å². The van der Waals surface area contributed by atoms with Crippen LogP contribution in [0.15, 0.2) is 0 Å². The van der Waals surface area contributed by atoms with Crippen LogP contribution in [-0.2, 0) is 14.3 Å². The van der Waals surface area contributed by atoms with E-state index in [1.165, 1.54) is 0 Å². The third-order valence-corrected chi connectivity index (χ3v) is 2.28. The maximum atomic E-state index is 11.3. The van der Waals surface area contributed by atoms with Crippen molar-refractivity contribution in [3.8, 4) is 0 Å². The molecule has 0 spiro atoms. The van der Waals surface area contributed by atoms with Crippen LogP contribution in [0.5, 0.6) is 0 Å². The zero-order chi connectivity index (χ0) is 18.4. The predicted molar refractivity (Wildman–Crippen MR) is 81.0 cm³/mol. The van der Waals surface area contributed by atoms with Gasteiger partial charge in [0.05, 0.1) is 26.4 Å².